The fourth-order valence-corrected chi connectivity index (χ4v) is 7.48. The van der Waals surface area contributed by atoms with Crippen molar-refractivity contribution in [2.45, 2.75) is 57.6 Å². The molecule has 4 N–H and O–H groups in total. The molecule has 1 unspecified atom stereocenters. The Bertz CT molecular complexity index is 1950. The molecule has 0 aliphatic carbocycles. The van der Waals surface area contributed by atoms with E-state index in [-0.39, 0.29) is 19.8 Å². The van der Waals surface area contributed by atoms with Crippen LogP contribution in [0.2, 0.25) is 5.02 Å². The highest BCUT2D eigenvalue weighted by Crippen LogP contribution is 2.39. The third-order valence-electron chi connectivity index (χ3n) is 10.3. The van der Waals surface area contributed by atoms with Gasteiger partial charge in [-0.15, -0.1) is 0 Å². The fourth-order valence-electron chi connectivity index (χ4n) is 7.24. The largest absolute Gasteiger partial charge is 0.488 e. The lowest BCUT2D eigenvalue weighted by Gasteiger charge is -2.23. The second-order valence-electron chi connectivity index (χ2n) is 13.8. The fraction of sp³-hybridized carbons (Fsp3) is 0.390. The minimum Gasteiger partial charge on any atom is -0.488 e. The van der Waals surface area contributed by atoms with Gasteiger partial charge in [0.05, 0.1) is 18.7 Å². The zero-order valence-electron chi connectivity index (χ0n) is 30.6. The van der Waals surface area contributed by atoms with Crippen LogP contribution in [0.25, 0.3) is 11.1 Å². The van der Waals surface area contributed by atoms with Crippen molar-refractivity contribution in [1.29, 1.82) is 0 Å². The van der Waals surface area contributed by atoms with E-state index in [4.69, 9.17) is 25.8 Å². The molecule has 0 bridgehead atoms. The van der Waals surface area contributed by atoms with Crippen LogP contribution >= 0.6 is 11.6 Å². The number of aliphatic carboxylic acids is 1. The standard InChI is InChI=1S/C41H47ClN4O8/c1-27-29(25-54-38-20-37(53-24-28-7-5-14-43-21-28)30(19-34(38)42)22-44-35(23-47)39(48)49)8-3-9-31(27)32-10-4-11-36-33(32)12-17-46(36)16-6-15-45-18-13-41(51,26-45)40(50)52-2/h3-5,7-11,14,19-21,35,44,47,51H,6,12-13,15-18,22-26H2,1-2H3,(H,48,49)/t35-,41?/m0/s1. The van der Waals surface area contributed by atoms with Crippen molar-refractivity contribution in [2.24, 2.45) is 0 Å². The number of likely N-dealkylation sites (tertiary alicyclic amines) is 1. The molecule has 0 amide bonds. The molecule has 4 aromatic rings. The Balaban J connectivity index is 1.14. The number of fused-ring (bicyclic) bond motifs is 1. The molecule has 1 fully saturated rings. The smallest absolute Gasteiger partial charge is 0.339 e. The molecule has 2 aliphatic rings. The number of hydrogen-bond donors (Lipinski definition) is 4. The van der Waals surface area contributed by atoms with Gasteiger partial charge in [-0.1, -0.05) is 48.0 Å². The summed E-state index contributed by atoms with van der Waals surface area (Å²) in [6.07, 6.45) is 5.62. The average molecular weight is 759 g/mol. The number of benzene rings is 3. The number of rotatable bonds is 17. The van der Waals surface area contributed by atoms with Crippen LogP contribution in [0.1, 0.15) is 40.7 Å². The number of aliphatic hydroxyl groups excluding tert-OH is 1. The SMILES string of the molecule is COC(=O)C1(O)CCN(CCCN2CCc3c(-c4cccc(COc5cc(OCc6cccnc6)c(CN[C@@H](CO)C(=O)O)cc5Cl)c4C)cccc32)C1. The second kappa shape index (κ2) is 17.6. The Kier molecular flexibility index (Phi) is 12.7. The highest BCUT2D eigenvalue weighted by Gasteiger charge is 2.43. The summed E-state index contributed by atoms with van der Waals surface area (Å²) in [6, 6.07) is 18.7. The predicted molar refractivity (Wildman–Crippen MR) is 205 cm³/mol. The number of methoxy groups -OCH3 is 1. The van der Waals surface area contributed by atoms with Crippen molar-refractivity contribution in [3.63, 3.8) is 0 Å². The van der Waals surface area contributed by atoms with Gasteiger partial charge in [-0.2, -0.15) is 0 Å². The number of anilines is 1. The number of aromatic nitrogens is 1. The number of carbonyl (C=O) groups is 2. The van der Waals surface area contributed by atoms with Crippen LogP contribution in [0.15, 0.2) is 73.1 Å². The monoisotopic (exact) mass is 758 g/mol. The maximum absolute atomic E-state index is 12.0. The van der Waals surface area contributed by atoms with Crippen LogP contribution in [-0.4, -0.2) is 95.2 Å². The topological polar surface area (TPSA) is 154 Å². The van der Waals surface area contributed by atoms with E-state index in [1.165, 1.54) is 23.9 Å². The molecule has 2 aliphatic heterocycles. The van der Waals surface area contributed by atoms with E-state index >= 15 is 0 Å². The molecule has 0 radical (unpaired) electrons. The minimum atomic E-state index is -1.41. The Labute approximate surface area is 320 Å². The third kappa shape index (κ3) is 8.97. The molecule has 6 rings (SSSR count). The van der Waals surface area contributed by atoms with Gasteiger partial charge in [-0.3, -0.25) is 20.0 Å². The Morgan fingerprint density at radius 2 is 1.80 bits per heavy atom. The Morgan fingerprint density at radius 1 is 1.00 bits per heavy atom. The van der Waals surface area contributed by atoms with Gasteiger partial charge in [-0.25, -0.2) is 4.79 Å². The highest BCUT2D eigenvalue weighted by atomic mass is 35.5. The van der Waals surface area contributed by atoms with Gasteiger partial charge in [0.15, 0.2) is 5.60 Å². The molecular weight excluding hydrogens is 712 g/mol. The number of pyridine rings is 1. The summed E-state index contributed by atoms with van der Waals surface area (Å²) < 4.78 is 17.3. The van der Waals surface area contributed by atoms with Crippen LogP contribution < -0.4 is 19.7 Å². The van der Waals surface area contributed by atoms with Gasteiger partial charge in [0, 0.05) is 74.4 Å². The number of ether oxygens (including phenoxy) is 3. The zero-order chi connectivity index (χ0) is 38.2. The number of nitrogens with one attached hydrogen (secondary N) is 1. The molecule has 0 saturated carbocycles. The highest BCUT2D eigenvalue weighted by molar-refractivity contribution is 6.32. The molecule has 1 saturated heterocycles. The first kappa shape index (κ1) is 39.0. The molecule has 12 nitrogen and oxygen atoms in total. The van der Waals surface area contributed by atoms with E-state index in [2.05, 4.69) is 51.3 Å². The van der Waals surface area contributed by atoms with E-state index < -0.39 is 30.2 Å². The summed E-state index contributed by atoms with van der Waals surface area (Å²) in [5.74, 6) is -0.841. The quantitative estimate of drug-likeness (QED) is 0.110. The van der Waals surface area contributed by atoms with Crippen LogP contribution in [0, 0.1) is 6.92 Å². The van der Waals surface area contributed by atoms with Crippen LogP contribution in [0.3, 0.4) is 0 Å². The van der Waals surface area contributed by atoms with Crippen molar-refractivity contribution in [1.82, 2.24) is 15.2 Å². The van der Waals surface area contributed by atoms with Crippen molar-refractivity contribution >= 4 is 29.2 Å². The van der Waals surface area contributed by atoms with E-state index in [9.17, 15) is 24.9 Å². The predicted octanol–water partition coefficient (Wildman–Crippen LogP) is 4.77. The van der Waals surface area contributed by atoms with Gasteiger partial charge in [0.2, 0.25) is 0 Å². The number of β-amino-alcohol motifs (C(OH)–C–C–N with tert-alkyl or cyclic N) is 1. The summed E-state index contributed by atoms with van der Waals surface area (Å²) >= 11 is 6.72. The molecule has 286 valence electrons. The van der Waals surface area contributed by atoms with E-state index in [1.807, 2.05) is 24.3 Å². The van der Waals surface area contributed by atoms with E-state index in [0.717, 1.165) is 54.7 Å². The number of halogens is 1. The molecule has 13 heteroatoms. The molecule has 3 heterocycles. The number of hydrogen-bond acceptors (Lipinski definition) is 11. The van der Waals surface area contributed by atoms with E-state index in [0.29, 0.717) is 41.6 Å². The molecule has 1 aromatic heterocycles. The lowest BCUT2D eigenvalue weighted by atomic mass is 9.92. The molecular formula is C41H47ClN4O8. The zero-order valence-corrected chi connectivity index (χ0v) is 31.3. The minimum absolute atomic E-state index is 0.0969. The first-order valence-electron chi connectivity index (χ1n) is 18.1. The normalized spacial score (nSPS) is 17.3. The summed E-state index contributed by atoms with van der Waals surface area (Å²) in [5.41, 5.74) is 7.04. The van der Waals surface area contributed by atoms with Crippen molar-refractivity contribution in [3.8, 4) is 22.6 Å². The number of nitrogens with zero attached hydrogens (tertiary/aromatic N) is 3. The van der Waals surface area contributed by atoms with Crippen molar-refractivity contribution in [3.05, 3.63) is 106 Å². The van der Waals surface area contributed by atoms with Gasteiger partial charge in [0.1, 0.15) is 30.8 Å². The maximum atomic E-state index is 12.0. The lowest BCUT2D eigenvalue weighted by molar-refractivity contribution is -0.160. The molecule has 54 heavy (non-hydrogen) atoms. The van der Waals surface area contributed by atoms with Gasteiger partial charge < -0.3 is 34.4 Å². The van der Waals surface area contributed by atoms with Gasteiger partial charge in [-0.05, 0) is 72.3 Å². The summed E-state index contributed by atoms with van der Waals surface area (Å²) in [4.78, 5) is 32.2. The number of aliphatic hydroxyl groups is 2. The Morgan fingerprint density at radius 3 is 2.56 bits per heavy atom. The van der Waals surface area contributed by atoms with Crippen LogP contribution in [0.5, 0.6) is 11.5 Å². The van der Waals surface area contributed by atoms with E-state index in [1.54, 1.807) is 24.5 Å². The molecule has 0 spiro atoms. The lowest BCUT2D eigenvalue weighted by Crippen LogP contribution is -2.42. The van der Waals surface area contributed by atoms with Crippen LogP contribution in [-0.2, 0) is 40.5 Å². The maximum Gasteiger partial charge on any atom is 0.339 e. The first-order chi connectivity index (χ1) is 26.1. The Hall–Kier alpha value is -4.72. The number of esters is 1. The average Bonchev–Trinajstić information content (AvgIpc) is 3.78. The summed E-state index contributed by atoms with van der Waals surface area (Å²) in [7, 11) is 1.31. The first-order valence-corrected chi connectivity index (χ1v) is 18.5. The van der Waals surface area contributed by atoms with Gasteiger partial charge in [0.25, 0.3) is 0 Å². The number of carboxylic acid groups (broad SMARTS) is 1. The second-order valence-corrected chi connectivity index (χ2v) is 14.2. The van der Waals surface area contributed by atoms with Crippen molar-refractivity contribution < 1.29 is 39.1 Å². The van der Waals surface area contributed by atoms with Crippen LogP contribution in [0.4, 0.5) is 5.69 Å². The number of carboxylic acids is 1. The third-order valence-corrected chi connectivity index (χ3v) is 10.6. The molecule has 3 aromatic carbocycles. The van der Waals surface area contributed by atoms with Gasteiger partial charge >= 0.3 is 11.9 Å². The van der Waals surface area contributed by atoms with Crippen molar-refractivity contribution in [2.75, 3.05) is 51.3 Å². The summed E-state index contributed by atoms with van der Waals surface area (Å²) in [6.45, 7) is 5.68. The summed E-state index contributed by atoms with van der Waals surface area (Å²) in [5, 5.41) is 32.7. The number of carbonyl (C=O) groups excluding carboxylic acids is 1. The molecule has 2 atom stereocenters.